The van der Waals surface area contributed by atoms with Crippen LogP contribution in [0.4, 0.5) is 5.00 Å². The van der Waals surface area contributed by atoms with Gasteiger partial charge in [0.1, 0.15) is 0 Å². The summed E-state index contributed by atoms with van der Waals surface area (Å²) in [5.74, 6) is -0.149. The molecule has 0 atom stereocenters. The molecule has 0 aliphatic carbocycles. The number of thiophene rings is 1. The van der Waals surface area contributed by atoms with E-state index in [-0.39, 0.29) is 17.4 Å². The number of anilines is 1. The molecule has 1 aliphatic heterocycles. The van der Waals surface area contributed by atoms with Gasteiger partial charge in [-0.2, -0.15) is 0 Å². The molecule has 0 unspecified atom stereocenters. The fourth-order valence-electron chi connectivity index (χ4n) is 2.73. The monoisotopic (exact) mass is 381 g/mol. The quantitative estimate of drug-likeness (QED) is 0.823. The largest absolute Gasteiger partial charge is 0.379 e. The molecule has 26 heavy (non-hydrogen) atoms. The molecular formula is C19H31N3O3S. The number of nitrogens with zero attached hydrogens (tertiary/aromatic N) is 1. The normalized spacial score (nSPS) is 16.4. The summed E-state index contributed by atoms with van der Waals surface area (Å²) < 4.78 is 5.40. The molecule has 1 aliphatic rings. The van der Waals surface area contributed by atoms with Crippen molar-refractivity contribution in [1.29, 1.82) is 0 Å². The maximum Gasteiger partial charge on any atom is 0.261 e. The first-order chi connectivity index (χ1) is 12.0. The standard InChI is InChI=1S/C19H31N3O3S/c1-13-11-14(21-17(24)18(2,3)4)26-15(13)16(23)20-12-19(5,6)22-7-9-25-10-8-22/h11H,7-10,12H2,1-6H3,(H,20,23)(H,21,24). The lowest BCUT2D eigenvalue weighted by molar-refractivity contribution is -0.123. The van der Waals surface area contributed by atoms with E-state index < -0.39 is 5.41 Å². The fourth-order valence-corrected chi connectivity index (χ4v) is 3.71. The van der Waals surface area contributed by atoms with Gasteiger partial charge in [-0.25, -0.2) is 0 Å². The van der Waals surface area contributed by atoms with Gasteiger partial charge in [0.15, 0.2) is 0 Å². The van der Waals surface area contributed by atoms with Crippen LogP contribution in [-0.4, -0.2) is 55.1 Å². The summed E-state index contributed by atoms with van der Waals surface area (Å²) in [7, 11) is 0. The molecule has 146 valence electrons. The molecular weight excluding hydrogens is 350 g/mol. The number of hydrogen-bond donors (Lipinski definition) is 2. The minimum absolute atomic E-state index is 0.0563. The average molecular weight is 382 g/mol. The van der Waals surface area contributed by atoms with Crippen molar-refractivity contribution in [2.24, 2.45) is 5.41 Å². The molecule has 0 bridgehead atoms. The number of rotatable bonds is 5. The van der Waals surface area contributed by atoms with E-state index in [2.05, 4.69) is 29.4 Å². The second kappa shape index (κ2) is 8.06. The number of hydrogen-bond acceptors (Lipinski definition) is 5. The Labute approximate surface area is 160 Å². The molecule has 0 radical (unpaired) electrons. The number of nitrogens with one attached hydrogen (secondary N) is 2. The van der Waals surface area contributed by atoms with Gasteiger partial charge < -0.3 is 15.4 Å². The second-order valence-electron chi connectivity index (χ2n) is 8.42. The highest BCUT2D eigenvalue weighted by atomic mass is 32.1. The van der Waals surface area contributed by atoms with Gasteiger partial charge in [0, 0.05) is 30.6 Å². The van der Waals surface area contributed by atoms with Crippen LogP contribution < -0.4 is 10.6 Å². The predicted molar refractivity (Wildman–Crippen MR) is 106 cm³/mol. The van der Waals surface area contributed by atoms with E-state index in [0.717, 1.165) is 31.9 Å². The zero-order valence-corrected chi connectivity index (χ0v) is 17.5. The Balaban J connectivity index is 1.98. The van der Waals surface area contributed by atoms with Gasteiger partial charge in [-0.05, 0) is 32.4 Å². The van der Waals surface area contributed by atoms with Crippen LogP contribution in [0.15, 0.2) is 6.07 Å². The van der Waals surface area contributed by atoms with E-state index in [1.165, 1.54) is 11.3 Å². The highest BCUT2D eigenvalue weighted by Gasteiger charge is 2.29. The highest BCUT2D eigenvalue weighted by molar-refractivity contribution is 7.18. The minimum atomic E-state index is -0.470. The third-order valence-corrected chi connectivity index (χ3v) is 5.74. The maximum absolute atomic E-state index is 12.6. The summed E-state index contributed by atoms with van der Waals surface area (Å²) in [6.45, 7) is 15.5. The number of amides is 2. The molecule has 0 spiro atoms. The molecule has 1 aromatic heterocycles. The van der Waals surface area contributed by atoms with Crippen molar-refractivity contribution in [2.45, 2.75) is 47.1 Å². The Kier molecular flexibility index (Phi) is 6.47. The Morgan fingerprint density at radius 3 is 2.38 bits per heavy atom. The lowest BCUT2D eigenvalue weighted by Gasteiger charge is -2.40. The third kappa shape index (κ3) is 5.28. The van der Waals surface area contributed by atoms with Crippen molar-refractivity contribution in [3.63, 3.8) is 0 Å². The summed E-state index contributed by atoms with van der Waals surface area (Å²) in [6.07, 6.45) is 0. The van der Waals surface area contributed by atoms with Crippen LogP contribution in [0.1, 0.15) is 49.9 Å². The molecule has 6 nitrogen and oxygen atoms in total. The van der Waals surface area contributed by atoms with Crippen LogP contribution in [0, 0.1) is 12.3 Å². The SMILES string of the molecule is Cc1cc(NC(=O)C(C)(C)C)sc1C(=O)NCC(C)(C)N1CCOCC1. The van der Waals surface area contributed by atoms with Crippen LogP contribution in [-0.2, 0) is 9.53 Å². The van der Waals surface area contributed by atoms with Gasteiger partial charge in [-0.3, -0.25) is 14.5 Å². The van der Waals surface area contributed by atoms with Crippen LogP contribution in [0.2, 0.25) is 0 Å². The highest BCUT2D eigenvalue weighted by Crippen LogP contribution is 2.28. The number of morpholine rings is 1. The number of ether oxygens (including phenoxy) is 1. The van der Waals surface area contributed by atoms with Gasteiger partial charge in [0.2, 0.25) is 5.91 Å². The summed E-state index contributed by atoms with van der Waals surface area (Å²) in [5, 5.41) is 6.66. The van der Waals surface area contributed by atoms with E-state index in [9.17, 15) is 9.59 Å². The Morgan fingerprint density at radius 1 is 1.19 bits per heavy atom. The van der Waals surface area contributed by atoms with Crippen molar-refractivity contribution in [2.75, 3.05) is 38.2 Å². The van der Waals surface area contributed by atoms with Crippen molar-refractivity contribution < 1.29 is 14.3 Å². The van der Waals surface area contributed by atoms with E-state index in [0.29, 0.717) is 16.4 Å². The average Bonchev–Trinajstić information content (AvgIpc) is 2.93. The fraction of sp³-hybridized carbons (Fsp3) is 0.684. The predicted octanol–water partition coefficient (Wildman–Crippen LogP) is 2.88. The maximum atomic E-state index is 12.6. The molecule has 1 aromatic rings. The Morgan fingerprint density at radius 2 is 1.81 bits per heavy atom. The lowest BCUT2D eigenvalue weighted by atomic mass is 9.96. The minimum Gasteiger partial charge on any atom is -0.379 e. The topological polar surface area (TPSA) is 70.7 Å². The summed E-state index contributed by atoms with van der Waals surface area (Å²) in [5.41, 5.74) is 0.275. The molecule has 2 rings (SSSR count). The van der Waals surface area contributed by atoms with Crippen LogP contribution in [0.25, 0.3) is 0 Å². The summed E-state index contributed by atoms with van der Waals surface area (Å²) in [6, 6.07) is 1.86. The third-order valence-electron chi connectivity index (χ3n) is 4.59. The van der Waals surface area contributed by atoms with E-state index in [1.54, 1.807) is 0 Å². The molecule has 2 N–H and O–H groups in total. The van der Waals surface area contributed by atoms with Crippen molar-refractivity contribution in [1.82, 2.24) is 10.2 Å². The molecule has 2 amide bonds. The molecule has 1 fully saturated rings. The Hall–Kier alpha value is -1.44. The van der Waals surface area contributed by atoms with Crippen LogP contribution >= 0.6 is 11.3 Å². The number of carbonyl (C=O) groups is 2. The summed E-state index contributed by atoms with van der Waals surface area (Å²) >= 11 is 1.32. The van der Waals surface area contributed by atoms with Crippen molar-refractivity contribution in [3.8, 4) is 0 Å². The number of carbonyl (C=O) groups excluding carboxylic acids is 2. The van der Waals surface area contributed by atoms with Crippen molar-refractivity contribution in [3.05, 3.63) is 16.5 Å². The summed E-state index contributed by atoms with van der Waals surface area (Å²) in [4.78, 5) is 27.8. The lowest BCUT2D eigenvalue weighted by Crippen LogP contribution is -2.55. The van der Waals surface area contributed by atoms with Gasteiger partial charge in [0.05, 0.1) is 23.1 Å². The molecule has 0 saturated carbocycles. The molecule has 2 heterocycles. The smallest absolute Gasteiger partial charge is 0.261 e. The first kappa shape index (κ1) is 20.9. The van der Waals surface area contributed by atoms with Crippen molar-refractivity contribution >= 4 is 28.2 Å². The van der Waals surface area contributed by atoms with Crippen LogP contribution in [0.5, 0.6) is 0 Å². The van der Waals surface area contributed by atoms with Crippen LogP contribution in [0.3, 0.4) is 0 Å². The molecule has 0 aromatic carbocycles. The number of aryl methyl sites for hydroxylation is 1. The molecule has 1 saturated heterocycles. The first-order valence-electron chi connectivity index (χ1n) is 9.03. The van der Waals surface area contributed by atoms with Gasteiger partial charge >= 0.3 is 0 Å². The van der Waals surface area contributed by atoms with E-state index in [1.807, 2.05) is 33.8 Å². The van der Waals surface area contributed by atoms with Gasteiger partial charge in [-0.15, -0.1) is 11.3 Å². The first-order valence-corrected chi connectivity index (χ1v) is 9.85. The van der Waals surface area contributed by atoms with Gasteiger partial charge in [0.25, 0.3) is 5.91 Å². The zero-order valence-electron chi connectivity index (χ0n) is 16.7. The van der Waals surface area contributed by atoms with Gasteiger partial charge in [-0.1, -0.05) is 20.8 Å². The Bertz CT molecular complexity index is 655. The zero-order chi connectivity index (χ0) is 19.5. The second-order valence-corrected chi connectivity index (χ2v) is 9.47. The van der Waals surface area contributed by atoms with E-state index in [4.69, 9.17) is 4.74 Å². The molecule has 7 heteroatoms. The van der Waals surface area contributed by atoms with E-state index >= 15 is 0 Å².